The van der Waals surface area contributed by atoms with E-state index in [4.69, 9.17) is 21.7 Å². The summed E-state index contributed by atoms with van der Waals surface area (Å²) in [5, 5.41) is 17.8. The zero-order valence-corrected chi connectivity index (χ0v) is 16.7. The van der Waals surface area contributed by atoms with E-state index < -0.39 is 33.5 Å². The SMILES string of the molecule is CC(C)(S[Se][Se]SC(C)(C)C(N)C(=O)O)C(N)C(=O)O. The summed E-state index contributed by atoms with van der Waals surface area (Å²) in [4.78, 5) is 21.8. The first-order valence-electron chi connectivity index (χ1n) is 5.59. The number of rotatable bonds is 9. The van der Waals surface area contributed by atoms with Gasteiger partial charge in [0.1, 0.15) is 0 Å². The van der Waals surface area contributed by atoms with Gasteiger partial charge in [-0.3, -0.25) is 0 Å². The van der Waals surface area contributed by atoms with Gasteiger partial charge in [0.05, 0.1) is 0 Å². The minimum atomic E-state index is -1.01. The molecule has 0 aromatic heterocycles. The number of hydrogen-bond acceptors (Lipinski definition) is 6. The molecule has 0 aromatic rings. The molecule has 0 rings (SSSR count). The standard InChI is InChI=1S/C10H20N2O4S2Se2/c1-9(2,5(11)7(13)14)17-19-20-18-10(3,4)6(12)8(15)16/h5-6H,11-12H2,1-4H3,(H,13,14)(H,15,16). The molecule has 0 aliphatic carbocycles. The molecular formula is C10H20N2O4S2Se2. The number of hydrogen-bond donors (Lipinski definition) is 4. The summed E-state index contributed by atoms with van der Waals surface area (Å²) in [7, 11) is 3.10. The van der Waals surface area contributed by atoms with Crippen LogP contribution in [0.4, 0.5) is 0 Å². The zero-order valence-electron chi connectivity index (χ0n) is 11.7. The van der Waals surface area contributed by atoms with Gasteiger partial charge in [0.15, 0.2) is 0 Å². The summed E-state index contributed by atoms with van der Waals surface area (Å²) in [6.07, 6.45) is 0. The molecule has 2 atom stereocenters. The van der Waals surface area contributed by atoms with Crippen molar-refractivity contribution in [1.82, 2.24) is 0 Å². The van der Waals surface area contributed by atoms with Crippen molar-refractivity contribution in [3.05, 3.63) is 0 Å². The Morgan fingerprint density at radius 3 is 1.35 bits per heavy atom. The van der Waals surface area contributed by atoms with Gasteiger partial charge in [-0.25, -0.2) is 0 Å². The Morgan fingerprint density at radius 2 is 1.15 bits per heavy atom. The van der Waals surface area contributed by atoms with Crippen LogP contribution in [0.15, 0.2) is 0 Å². The third kappa shape index (κ3) is 6.58. The molecule has 0 spiro atoms. The van der Waals surface area contributed by atoms with Crippen molar-refractivity contribution in [3.63, 3.8) is 0 Å². The van der Waals surface area contributed by atoms with Crippen LogP contribution >= 0.6 is 20.4 Å². The number of aliphatic carboxylic acids is 2. The van der Waals surface area contributed by atoms with Crippen molar-refractivity contribution in [2.45, 2.75) is 49.3 Å². The fourth-order valence-electron chi connectivity index (χ4n) is 0.902. The van der Waals surface area contributed by atoms with Crippen molar-refractivity contribution >= 4 is 56.3 Å². The van der Waals surface area contributed by atoms with E-state index in [0.29, 0.717) is 0 Å². The molecule has 0 aliphatic rings. The maximum atomic E-state index is 10.9. The molecule has 0 bridgehead atoms. The molecule has 6 N–H and O–H groups in total. The van der Waals surface area contributed by atoms with E-state index in [-0.39, 0.29) is 24.0 Å². The normalized spacial score (nSPS) is 15.7. The van der Waals surface area contributed by atoms with Crippen molar-refractivity contribution < 1.29 is 19.8 Å². The fraction of sp³-hybridized carbons (Fsp3) is 0.800. The molecule has 2 unspecified atom stereocenters. The number of carbonyl (C=O) groups is 2. The minimum absolute atomic E-state index is 0.156. The first-order chi connectivity index (χ1) is 8.92. The van der Waals surface area contributed by atoms with Gasteiger partial charge in [0.25, 0.3) is 0 Å². The second-order valence-electron chi connectivity index (χ2n) is 5.14. The zero-order chi connectivity index (χ0) is 16.1. The summed E-state index contributed by atoms with van der Waals surface area (Å²) in [6.45, 7) is 7.25. The molecule has 0 aliphatic heterocycles. The van der Waals surface area contributed by atoms with Crippen molar-refractivity contribution in [2.75, 3.05) is 0 Å². The topological polar surface area (TPSA) is 127 Å². The molecule has 20 heavy (non-hydrogen) atoms. The summed E-state index contributed by atoms with van der Waals surface area (Å²) < 4.78 is -1.07. The Hall–Kier alpha value is 0.599. The molecule has 6 nitrogen and oxygen atoms in total. The Balaban J connectivity index is 4.27. The van der Waals surface area contributed by atoms with Crippen molar-refractivity contribution in [3.8, 4) is 0 Å². The van der Waals surface area contributed by atoms with Gasteiger partial charge in [-0.1, -0.05) is 0 Å². The fourth-order valence-corrected chi connectivity index (χ4v) is 23.4. The summed E-state index contributed by atoms with van der Waals surface area (Å²) >= 11 is 0.313. The van der Waals surface area contributed by atoms with Gasteiger partial charge in [-0.15, -0.1) is 0 Å². The Kier molecular flexibility index (Phi) is 8.54. The van der Waals surface area contributed by atoms with E-state index in [1.165, 1.54) is 0 Å². The van der Waals surface area contributed by atoms with Crippen LogP contribution in [0.1, 0.15) is 27.7 Å². The predicted molar refractivity (Wildman–Crippen MR) is 86.1 cm³/mol. The third-order valence-electron chi connectivity index (χ3n) is 2.56. The predicted octanol–water partition coefficient (Wildman–Crippen LogP) is -0.0128. The summed E-state index contributed by atoms with van der Waals surface area (Å²) in [5.74, 6) is -2.02. The van der Waals surface area contributed by atoms with E-state index in [0.717, 1.165) is 0 Å². The van der Waals surface area contributed by atoms with E-state index in [2.05, 4.69) is 0 Å². The molecule has 0 radical (unpaired) electrons. The van der Waals surface area contributed by atoms with Crippen molar-refractivity contribution in [2.24, 2.45) is 11.5 Å². The molecule has 0 amide bonds. The monoisotopic (exact) mass is 456 g/mol. The van der Waals surface area contributed by atoms with Crippen LogP contribution in [-0.2, 0) is 9.59 Å². The average Bonchev–Trinajstić information content (AvgIpc) is 2.32. The second kappa shape index (κ2) is 8.29. The van der Waals surface area contributed by atoms with Gasteiger partial charge in [-0.05, 0) is 0 Å². The van der Waals surface area contributed by atoms with Gasteiger partial charge in [-0.2, -0.15) is 0 Å². The van der Waals surface area contributed by atoms with Gasteiger partial charge < -0.3 is 0 Å². The molecule has 0 saturated heterocycles. The van der Waals surface area contributed by atoms with E-state index >= 15 is 0 Å². The summed E-state index contributed by atoms with van der Waals surface area (Å²) in [6, 6.07) is -1.83. The van der Waals surface area contributed by atoms with Gasteiger partial charge >= 0.3 is 137 Å². The third-order valence-corrected chi connectivity index (χ3v) is 21.5. The van der Waals surface area contributed by atoms with Crippen LogP contribution in [0.2, 0.25) is 0 Å². The van der Waals surface area contributed by atoms with E-state index in [9.17, 15) is 9.59 Å². The van der Waals surface area contributed by atoms with Gasteiger partial charge in [0.2, 0.25) is 0 Å². The van der Waals surface area contributed by atoms with Crippen LogP contribution in [-0.4, -0.2) is 67.8 Å². The van der Waals surface area contributed by atoms with Gasteiger partial charge in [0, 0.05) is 0 Å². The first kappa shape index (κ1) is 20.6. The molecule has 0 saturated carbocycles. The molecule has 0 heterocycles. The van der Waals surface area contributed by atoms with E-state index in [1.54, 1.807) is 20.4 Å². The van der Waals surface area contributed by atoms with Crippen LogP contribution < -0.4 is 11.5 Å². The Morgan fingerprint density at radius 1 is 0.900 bits per heavy atom. The number of carboxylic acids is 2. The molecule has 10 heteroatoms. The van der Waals surface area contributed by atoms with Crippen LogP contribution in [0, 0.1) is 0 Å². The Labute approximate surface area is 136 Å². The van der Waals surface area contributed by atoms with Crippen LogP contribution in [0.3, 0.4) is 0 Å². The van der Waals surface area contributed by atoms with Crippen molar-refractivity contribution in [1.29, 1.82) is 0 Å². The molecular weight excluding hydrogens is 434 g/mol. The summed E-state index contributed by atoms with van der Waals surface area (Å²) in [5.41, 5.74) is 11.3. The van der Waals surface area contributed by atoms with Crippen LogP contribution in [0.25, 0.3) is 0 Å². The second-order valence-corrected chi connectivity index (χ2v) is 20.6. The Bertz CT molecular complexity index is 335. The first-order valence-corrected chi connectivity index (χ1v) is 15.6. The quantitative estimate of drug-likeness (QED) is 0.283. The number of nitrogens with two attached hydrogens (primary N) is 2. The van der Waals surface area contributed by atoms with E-state index in [1.807, 2.05) is 27.7 Å². The maximum absolute atomic E-state index is 10.9. The number of carboxylic acid groups (broad SMARTS) is 2. The van der Waals surface area contributed by atoms with Crippen LogP contribution in [0.5, 0.6) is 0 Å². The molecule has 0 fully saturated rings. The molecule has 118 valence electrons. The molecule has 0 aromatic carbocycles. The average molecular weight is 454 g/mol.